The minimum Gasteiger partial charge on any atom is -0.207 e. The first kappa shape index (κ1) is 11.1. The van der Waals surface area contributed by atoms with Gasteiger partial charge >= 0.3 is 0 Å². The fraction of sp³-hybridized carbons (Fsp3) is 0.333. The monoisotopic (exact) mass is 216 g/mol. The summed E-state index contributed by atoms with van der Waals surface area (Å²) >= 11 is 0. The second kappa shape index (κ2) is 5.11. The summed E-state index contributed by atoms with van der Waals surface area (Å²) in [7, 11) is 0. The molecule has 1 atom stereocenters. The van der Waals surface area contributed by atoms with E-state index in [0.29, 0.717) is 5.92 Å². The van der Waals surface area contributed by atoms with E-state index in [-0.39, 0.29) is 5.82 Å². The van der Waals surface area contributed by atoms with Crippen molar-refractivity contribution in [3.05, 3.63) is 59.4 Å². The van der Waals surface area contributed by atoms with Crippen molar-refractivity contribution in [3.8, 4) is 0 Å². The largest absolute Gasteiger partial charge is 0.207 e. The standard InChI is InChI=1S/C15H17F/c1-12-4-2-3-5-14(12)9-6-13-7-10-15(16)11-8-13/h2-4,7-8,10-11,14H,5-6,9H2,1H3. The fourth-order valence-electron chi connectivity index (χ4n) is 2.12. The first-order valence-corrected chi connectivity index (χ1v) is 5.83. The molecule has 0 nitrogen and oxygen atoms in total. The number of hydrogen-bond acceptors (Lipinski definition) is 0. The Balaban J connectivity index is 1.90. The van der Waals surface area contributed by atoms with Crippen molar-refractivity contribution in [3.63, 3.8) is 0 Å². The van der Waals surface area contributed by atoms with Crippen molar-refractivity contribution in [2.75, 3.05) is 0 Å². The number of hydrogen-bond donors (Lipinski definition) is 0. The molecule has 16 heavy (non-hydrogen) atoms. The van der Waals surface area contributed by atoms with Crippen molar-refractivity contribution in [2.45, 2.75) is 26.2 Å². The van der Waals surface area contributed by atoms with Gasteiger partial charge < -0.3 is 0 Å². The van der Waals surface area contributed by atoms with Crippen LogP contribution in [0.25, 0.3) is 0 Å². The molecule has 0 bridgehead atoms. The zero-order chi connectivity index (χ0) is 11.4. The average Bonchev–Trinajstić information content (AvgIpc) is 2.30. The molecular formula is C15H17F. The minimum absolute atomic E-state index is 0.152. The molecule has 2 rings (SSSR count). The van der Waals surface area contributed by atoms with Crippen LogP contribution in [-0.2, 0) is 6.42 Å². The Morgan fingerprint density at radius 3 is 2.69 bits per heavy atom. The number of rotatable bonds is 3. The fourth-order valence-corrected chi connectivity index (χ4v) is 2.12. The predicted molar refractivity (Wildman–Crippen MR) is 65.7 cm³/mol. The zero-order valence-corrected chi connectivity index (χ0v) is 9.62. The normalized spacial score (nSPS) is 19.6. The van der Waals surface area contributed by atoms with Gasteiger partial charge in [-0.3, -0.25) is 0 Å². The Labute approximate surface area is 96.5 Å². The highest BCUT2D eigenvalue weighted by Gasteiger charge is 2.11. The molecule has 0 radical (unpaired) electrons. The van der Waals surface area contributed by atoms with Gasteiger partial charge in [0.05, 0.1) is 0 Å². The van der Waals surface area contributed by atoms with Gasteiger partial charge in [0.1, 0.15) is 5.82 Å². The molecule has 0 amide bonds. The zero-order valence-electron chi connectivity index (χ0n) is 9.62. The third kappa shape index (κ3) is 2.82. The second-order valence-electron chi connectivity index (χ2n) is 4.44. The van der Waals surface area contributed by atoms with Crippen LogP contribution in [0.4, 0.5) is 4.39 Å². The van der Waals surface area contributed by atoms with Gasteiger partial charge in [0.2, 0.25) is 0 Å². The summed E-state index contributed by atoms with van der Waals surface area (Å²) in [5.74, 6) is 0.510. The van der Waals surface area contributed by atoms with Crippen molar-refractivity contribution >= 4 is 0 Å². The highest BCUT2D eigenvalue weighted by atomic mass is 19.1. The third-order valence-corrected chi connectivity index (χ3v) is 3.25. The van der Waals surface area contributed by atoms with Crippen LogP contribution in [0.5, 0.6) is 0 Å². The van der Waals surface area contributed by atoms with E-state index >= 15 is 0 Å². The lowest BCUT2D eigenvalue weighted by Gasteiger charge is -2.18. The lowest BCUT2D eigenvalue weighted by atomic mass is 9.87. The van der Waals surface area contributed by atoms with Crippen LogP contribution in [0.3, 0.4) is 0 Å². The van der Waals surface area contributed by atoms with Gasteiger partial charge in [-0.15, -0.1) is 0 Å². The van der Waals surface area contributed by atoms with Crippen LogP contribution < -0.4 is 0 Å². The highest BCUT2D eigenvalue weighted by Crippen LogP contribution is 2.24. The number of benzene rings is 1. The van der Waals surface area contributed by atoms with Crippen LogP contribution >= 0.6 is 0 Å². The Hall–Kier alpha value is -1.37. The van der Waals surface area contributed by atoms with Crippen LogP contribution in [-0.4, -0.2) is 0 Å². The summed E-state index contributed by atoms with van der Waals surface area (Å²) < 4.78 is 12.7. The lowest BCUT2D eigenvalue weighted by molar-refractivity contribution is 0.561. The molecule has 1 heteroatoms. The van der Waals surface area contributed by atoms with E-state index in [1.165, 1.54) is 11.1 Å². The summed E-state index contributed by atoms with van der Waals surface area (Å²) in [6.07, 6.45) is 9.87. The maximum absolute atomic E-state index is 12.7. The predicted octanol–water partition coefficient (Wildman–Crippen LogP) is 4.28. The molecular weight excluding hydrogens is 199 g/mol. The van der Waals surface area contributed by atoms with Gasteiger partial charge in [-0.2, -0.15) is 0 Å². The molecule has 0 aromatic heterocycles. The summed E-state index contributed by atoms with van der Waals surface area (Å²) in [5.41, 5.74) is 2.69. The van der Waals surface area contributed by atoms with E-state index in [2.05, 4.69) is 25.2 Å². The molecule has 1 aliphatic carbocycles. The molecule has 0 saturated carbocycles. The Bertz CT molecular complexity index is 398. The third-order valence-electron chi connectivity index (χ3n) is 3.25. The quantitative estimate of drug-likeness (QED) is 0.707. The second-order valence-corrected chi connectivity index (χ2v) is 4.44. The van der Waals surface area contributed by atoms with Crippen LogP contribution in [0.2, 0.25) is 0 Å². The Kier molecular flexibility index (Phi) is 3.55. The van der Waals surface area contributed by atoms with E-state index in [1.54, 1.807) is 12.1 Å². The lowest BCUT2D eigenvalue weighted by Crippen LogP contribution is -2.05. The van der Waals surface area contributed by atoms with E-state index in [9.17, 15) is 4.39 Å². The molecule has 0 aliphatic heterocycles. The van der Waals surface area contributed by atoms with Gasteiger partial charge in [0.15, 0.2) is 0 Å². The van der Waals surface area contributed by atoms with Crippen LogP contribution in [0, 0.1) is 11.7 Å². The van der Waals surface area contributed by atoms with Gasteiger partial charge in [-0.25, -0.2) is 4.39 Å². The molecule has 0 spiro atoms. The first-order valence-electron chi connectivity index (χ1n) is 5.83. The number of halogens is 1. The molecule has 1 aromatic carbocycles. The SMILES string of the molecule is CC1=CC=CCC1CCc1ccc(F)cc1. The van der Waals surface area contributed by atoms with Crippen molar-refractivity contribution in [1.82, 2.24) is 0 Å². The van der Waals surface area contributed by atoms with Gasteiger partial charge in [0.25, 0.3) is 0 Å². The van der Waals surface area contributed by atoms with Crippen molar-refractivity contribution in [2.24, 2.45) is 5.92 Å². The minimum atomic E-state index is -0.152. The smallest absolute Gasteiger partial charge is 0.123 e. The van der Waals surface area contributed by atoms with Crippen LogP contribution in [0.1, 0.15) is 25.3 Å². The molecule has 1 aromatic rings. The summed E-state index contributed by atoms with van der Waals surface area (Å²) in [6, 6.07) is 6.84. The molecule has 1 unspecified atom stereocenters. The molecule has 84 valence electrons. The van der Waals surface area contributed by atoms with Gasteiger partial charge in [0, 0.05) is 0 Å². The summed E-state index contributed by atoms with van der Waals surface area (Å²) in [4.78, 5) is 0. The summed E-state index contributed by atoms with van der Waals surface area (Å²) in [6.45, 7) is 2.19. The van der Waals surface area contributed by atoms with Crippen molar-refractivity contribution < 1.29 is 4.39 Å². The molecule has 1 aliphatic rings. The average molecular weight is 216 g/mol. The highest BCUT2D eigenvalue weighted by molar-refractivity contribution is 5.21. The van der Waals surface area contributed by atoms with E-state index in [4.69, 9.17) is 0 Å². The van der Waals surface area contributed by atoms with E-state index in [1.807, 2.05) is 12.1 Å². The first-order chi connectivity index (χ1) is 7.75. The van der Waals surface area contributed by atoms with E-state index in [0.717, 1.165) is 19.3 Å². The molecule has 0 N–H and O–H groups in total. The summed E-state index contributed by atoms with van der Waals surface area (Å²) in [5, 5.41) is 0. The van der Waals surface area contributed by atoms with Gasteiger partial charge in [-0.1, -0.05) is 35.9 Å². The van der Waals surface area contributed by atoms with Gasteiger partial charge in [-0.05, 0) is 49.8 Å². The topological polar surface area (TPSA) is 0 Å². The molecule has 0 saturated heterocycles. The van der Waals surface area contributed by atoms with E-state index < -0.39 is 0 Å². The van der Waals surface area contributed by atoms with Crippen molar-refractivity contribution in [1.29, 1.82) is 0 Å². The Morgan fingerprint density at radius 1 is 1.25 bits per heavy atom. The maximum Gasteiger partial charge on any atom is 0.123 e. The number of aryl methyl sites for hydroxylation is 1. The maximum atomic E-state index is 12.7. The molecule has 0 heterocycles. The number of allylic oxidation sites excluding steroid dienone is 4. The Morgan fingerprint density at radius 2 is 2.00 bits per heavy atom. The molecule has 0 fully saturated rings. The van der Waals surface area contributed by atoms with Crippen LogP contribution in [0.15, 0.2) is 48.1 Å².